The Morgan fingerprint density at radius 1 is 0.800 bits per heavy atom. The first-order valence-corrected chi connectivity index (χ1v) is 10.7. The molecule has 1 heterocycles. The summed E-state index contributed by atoms with van der Waals surface area (Å²) in [7, 11) is 2.17. The Morgan fingerprint density at radius 3 is 2.10 bits per heavy atom. The lowest BCUT2D eigenvalue weighted by Gasteiger charge is -2.34. The van der Waals surface area contributed by atoms with Crippen LogP contribution in [0.5, 0.6) is 0 Å². The van der Waals surface area contributed by atoms with Crippen LogP contribution >= 0.6 is 0 Å². The number of amides is 1. The minimum Gasteiger partial charge on any atom is -0.369 e. The van der Waals surface area contributed by atoms with Gasteiger partial charge in [-0.1, -0.05) is 54.6 Å². The SMILES string of the molecule is CN1CCN(c2ccc(CCNC(=O)c3ccc(-c4ccccc4)cc3)cc2)CC1. The van der Waals surface area contributed by atoms with Crippen LogP contribution < -0.4 is 10.2 Å². The van der Waals surface area contributed by atoms with Crippen molar-refractivity contribution in [2.75, 3.05) is 44.7 Å². The van der Waals surface area contributed by atoms with Crippen LogP contribution in [0.1, 0.15) is 15.9 Å². The van der Waals surface area contributed by atoms with Crippen molar-refractivity contribution < 1.29 is 4.79 Å². The number of carbonyl (C=O) groups excluding carboxylic acids is 1. The number of carbonyl (C=O) groups is 1. The third kappa shape index (κ3) is 5.08. The molecular weight excluding hydrogens is 370 g/mol. The van der Waals surface area contributed by atoms with Crippen molar-refractivity contribution in [2.45, 2.75) is 6.42 Å². The third-order valence-corrected chi connectivity index (χ3v) is 5.76. The number of benzene rings is 3. The van der Waals surface area contributed by atoms with Crippen LogP contribution in [0.2, 0.25) is 0 Å². The van der Waals surface area contributed by atoms with Crippen LogP contribution in [0.15, 0.2) is 78.9 Å². The summed E-state index contributed by atoms with van der Waals surface area (Å²) in [4.78, 5) is 17.2. The Morgan fingerprint density at radius 2 is 1.43 bits per heavy atom. The zero-order chi connectivity index (χ0) is 20.8. The summed E-state index contributed by atoms with van der Waals surface area (Å²) in [5.74, 6) is -0.0244. The van der Waals surface area contributed by atoms with Crippen molar-refractivity contribution in [1.29, 1.82) is 0 Å². The van der Waals surface area contributed by atoms with Gasteiger partial charge in [0.15, 0.2) is 0 Å². The number of hydrogen-bond donors (Lipinski definition) is 1. The zero-order valence-electron chi connectivity index (χ0n) is 17.6. The highest BCUT2D eigenvalue weighted by molar-refractivity contribution is 5.94. The molecule has 1 aliphatic heterocycles. The molecule has 30 heavy (non-hydrogen) atoms. The van der Waals surface area contributed by atoms with E-state index in [0.29, 0.717) is 12.1 Å². The van der Waals surface area contributed by atoms with Gasteiger partial charge in [-0.05, 0) is 54.4 Å². The van der Waals surface area contributed by atoms with Gasteiger partial charge in [-0.25, -0.2) is 0 Å². The van der Waals surface area contributed by atoms with Crippen LogP contribution in [0.25, 0.3) is 11.1 Å². The van der Waals surface area contributed by atoms with Crippen LogP contribution in [-0.2, 0) is 6.42 Å². The molecule has 154 valence electrons. The van der Waals surface area contributed by atoms with E-state index in [1.807, 2.05) is 42.5 Å². The molecule has 4 rings (SSSR count). The molecule has 0 spiro atoms. The fraction of sp³-hybridized carbons (Fsp3) is 0.269. The average molecular weight is 400 g/mol. The van der Waals surface area contributed by atoms with E-state index < -0.39 is 0 Å². The van der Waals surface area contributed by atoms with E-state index in [4.69, 9.17) is 0 Å². The molecular formula is C26H29N3O. The molecule has 0 aromatic heterocycles. The van der Waals surface area contributed by atoms with Crippen molar-refractivity contribution in [1.82, 2.24) is 10.2 Å². The molecule has 4 nitrogen and oxygen atoms in total. The zero-order valence-corrected chi connectivity index (χ0v) is 17.6. The molecule has 0 aliphatic carbocycles. The first-order chi connectivity index (χ1) is 14.7. The summed E-state index contributed by atoms with van der Waals surface area (Å²) in [6.45, 7) is 5.01. The number of rotatable bonds is 6. The lowest BCUT2D eigenvalue weighted by atomic mass is 10.0. The van der Waals surface area contributed by atoms with Gasteiger partial charge in [-0.15, -0.1) is 0 Å². The van der Waals surface area contributed by atoms with Gasteiger partial charge in [0.25, 0.3) is 5.91 Å². The van der Waals surface area contributed by atoms with Crippen LogP contribution in [0.4, 0.5) is 5.69 Å². The average Bonchev–Trinajstić information content (AvgIpc) is 2.81. The highest BCUT2D eigenvalue weighted by Gasteiger charge is 2.14. The number of hydrogen-bond acceptors (Lipinski definition) is 3. The van der Waals surface area contributed by atoms with Crippen molar-refractivity contribution in [3.8, 4) is 11.1 Å². The van der Waals surface area contributed by atoms with Gasteiger partial charge in [0.1, 0.15) is 0 Å². The molecule has 1 N–H and O–H groups in total. The summed E-state index contributed by atoms with van der Waals surface area (Å²) in [6.07, 6.45) is 0.830. The molecule has 1 saturated heterocycles. The number of nitrogens with one attached hydrogen (secondary N) is 1. The number of anilines is 1. The van der Waals surface area contributed by atoms with Crippen molar-refractivity contribution in [3.63, 3.8) is 0 Å². The molecule has 0 atom stereocenters. The Balaban J connectivity index is 1.26. The lowest BCUT2D eigenvalue weighted by molar-refractivity contribution is 0.0954. The van der Waals surface area contributed by atoms with E-state index >= 15 is 0 Å². The van der Waals surface area contributed by atoms with E-state index in [0.717, 1.165) is 43.7 Å². The topological polar surface area (TPSA) is 35.6 Å². The molecule has 0 saturated carbocycles. The van der Waals surface area contributed by atoms with Crippen LogP contribution in [-0.4, -0.2) is 50.6 Å². The summed E-state index contributed by atoms with van der Waals surface area (Å²) in [6, 6.07) is 26.7. The van der Waals surface area contributed by atoms with E-state index in [9.17, 15) is 4.79 Å². The minimum atomic E-state index is -0.0244. The monoisotopic (exact) mass is 399 g/mol. The molecule has 4 heteroatoms. The van der Waals surface area contributed by atoms with E-state index in [-0.39, 0.29) is 5.91 Å². The van der Waals surface area contributed by atoms with Crippen LogP contribution in [0, 0.1) is 0 Å². The van der Waals surface area contributed by atoms with Crippen LogP contribution in [0.3, 0.4) is 0 Å². The quantitative estimate of drug-likeness (QED) is 0.678. The molecule has 3 aromatic carbocycles. The van der Waals surface area contributed by atoms with E-state index in [1.54, 1.807) is 0 Å². The summed E-state index contributed by atoms with van der Waals surface area (Å²) >= 11 is 0. The predicted octanol–water partition coefficient (Wildman–Crippen LogP) is 4.08. The molecule has 0 radical (unpaired) electrons. The molecule has 0 unspecified atom stereocenters. The first kappa shape index (κ1) is 20.2. The van der Waals surface area contributed by atoms with Gasteiger partial charge in [0, 0.05) is 44.0 Å². The highest BCUT2D eigenvalue weighted by Crippen LogP contribution is 2.19. The van der Waals surface area contributed by atoms with E-state index in [2.05, 4.69) is 58.6 Å². The third-order valence-electron chi connectivity index (χ3n) is 5.76. The van der Waals surface area contributed by atoms with E-state index in [1.165, 1.54) is 11.3 Å². The Bertz CT molecular complexity index is 944. The van der Waals surface area contributed by atoms with Gasteiger partial charge >= 0.3 is 0 Å². The molecule has 0 bridgehead atoms. The molecule has 3 aromatic rings. The number of nitrogens with zero attached hydrogens (tertiary/aromatic N) is 2. The highest BCUT2D eigenvalue weighted by atomic mass is 16.1. The lowest BCUT2D eigenvalue weighted by Crippen LogP contribution is -2.44. The van der Waals surface area contributed by atoms with Crippen molar-refractivity contribution in [3.05, 3.63) is 90.0 Å². The fourth-order valence-corrected chi connectivity index (χ4v) is 3.81. The largest absolute Gasteiger partial charge is 0.369 e. The first-order valence-electron chi connectivity index (χ1n) is 10.7. The standard InChI is InChI=1S/C26H29N3O/c1-28-17-19-29(20-18-28)25-13-7-21(8-14-25)15-16-27-26(30)24-11-9-23(10-12-24)22-5-3-2-4-6-22/h2-14H,15-20H2,1H3,(H,27,30). The van der Waals surface area contributed by atoms with Gasteiger partial charge in [-0.2, -0.15) is 0 Å². The van der Waals surface area contributed by atoms with Gasteiger partial charge < -0.3 is 15.1 Å². The van der Waals surface area contributed by atoms with Gasteiger partial charge in [0.2, 0.25) is 0 Å². The number of likely N-dealkylation sites (N-methyl/N-ethyl adjacent to an activating group) is 1. The second-order valence-corrected chi connectivity index (χ2v) is 7.91. The molecule has 1 fully saturated rings. The molecule has 1 aliphatic rings. The second kappa shape index (κ2) is 9.59. The maximum absolute atomic E-state index is 12.4. The normalized spacial score (nSPS) is 14.5. The summed E-state index contributed by atoms with van der Waals surface area (Å²) < 4.78 is 0. The molecule has 1 amide bonds. The minimum absolute atomic E-state index is 0.0244. The van der Waals surface area contributed by atoms with Crippen molar-refractivity contribution in [2.24, 2.45) is 0 Å². The van der Waals surface area contributed by atoms with Crippen molar-refractivity contribution >= 4 is 11.6 Å². The predicted molar refractivity (Wildman–Crippen MR) is 124 cm³/mol. The summed E-state index contributed by atoms with van der Waals surface area (Å²) in [5.41, 5.74) is 5.50. The fourth-order valence-electron chi connectivity index (χ4n) is 3.81. The van der Waals surface area contributed by atoms with Gasteiger partial charge in [0.05, 0.1) is 0 Å². The maximum Gasteiger partial charge on any atom is 0.251 e. The smallest absolute Gasteiger partial charge is 0.251 e. The van der Waals surface area contributed by atoms with Gasteiger partial charge in [-0.3, -0.25) is 4.79 Å². The second-order valence-electron chi connectivity index (χ2n) is 7.91. The summed E-state index contributed by atoms with van der Waals surface area (Å²) in [5, 5.41) is 3.03. The maximum atomic E-state index is 12.4. The number of piperazine rings is 1. The Kier molecular flexibility index (Phi) is 6.45. The Labute approximate surface area is 179 Å². The Hall–Kier alpha value is -3.11.